The zero-order chi connectivity index (χ0) is 15.7. The molecule has 3 heterocycles. The maximum absolute atomic E-state index is 9.89. The van der Waals surface area contributed by atoms with Crippen LogP contribution in [-0.2, 0) is 5.41 Å². The summed E-state index contributed by atoms with van der Waals surface area (Å²) in [6, 6.07) is 4.90. The fraction of sp³-hybridized carbons (Fsp3) is 0.368. The van der Waals surface area contributed by atoms with Crippen LogP contribution >= 0.6 is 0 Å². The van der Waals surface area contributed by atoms with Crippen molar-refractivity contribution in [1.82, 2.24) is 9.88 Å². The standard InChI is InChI=1S/C19H17N3/c1-4-14(3)22-17-6-7-18(22)10-19(9-17,13-20)16-8-15(5-2)11-21-12-16/h1-2,6-8,11-12,14,17-18H,9-10H2,3H3/t14?,17-,18+,19+. The Bertz CT molecular complexity index is 725. The summed E-state index contributed by atoms with van der Waals surface area (Å²) in [6.45, 7) is 2.03. The van der Waals surface area contributed by atoms with Crippen LogP contribution in [0, 0.1) is 36.0 Å². The first kappa shape index (κ1) is 14.4. The number of rotatable bonds is 2. The summed E-state index contributed by atoms with van der Waals surface area (Å²) >= 11 is 0. The highest BCUT2D eigenvalue weighted by Gasteiger charge is 2.48. The van der Waals surface area contributed by atoms with Crippen molar-refractivity contribution >= 4 is 0 Å². The van der Waals surface area contributed by atoms with Crippen LogP contribution in [-0.4, -0.2) is 28.0 Å². The molecular weight excluding hydrogens is 270 g/mol. The number of nitrogens with zero attached hydrogens (tertiary/aromatic N) is 3. The minimum absolute atomic E-state index is 0.0665. The summed E-state index contributed by atoms with van der Waals surface area (Å²) in [7, 11) is 0. The van der Waals surface area contributed by atoms with Crippen LogP contribution in [0.4, 0.5) is 0 Å². The smallest absolute Gasteiger partial charge is 0.0873 e. The molecule has 2 aliphatic rings. The Morgan fingerprint density at radius 3 is 2.55 bits per heavy atom. The average molecular weight is 287 g/mol. The van der Waals surface area contributed by atoms with Crippen molar-refractivity contribution in [3.8, 4) is 30.8 Å². The molecular formula is C19H17N3. The second kappa shape index (κ2) is 5.34. The van der Waals surface area contributed by atoms with Gasteiger partial charge >= 0.3 is 0 Å². The number of nitriles is 1. The molecule has 2 bridgehead atoms. The molecule has 1 aromatic heterocycles. The third-order valence-electron chi connectivity index (χ3n) is 4.80. The van der Waals surface area contributed by atoms with E-state index in [2.05, 4.69) is 39.9 Å². The lowest BCUT2D eigenvalue weighted by Gasteiger charge is -2.44. The van der Waals surface area contributed by atoms with E-state index >= 15 is 0 Å². The third kappa shape index (κ3) is 2.10. The van der Waals surface area contributed by atoms with Gasteiger partial charge in [0.2, 0.25) is 0 Å². The van der Waals surface area contributed by atoms with Crippen molar-refractivity contribution in [2.24, 2.45) is 0 Å². The Hall–Kier alpha value is -2.54. The van der Waals surface area contributed by atoms with Crippen molar-refractivity contribution in [2.75, 3.05) is 0 Å². The van der Waals surface area contributed by atoms with Crippen LogP contribution in [0.25, 0.3) is 0 Å². The lowest BCUT2D eigenvalue weighted by atomic mass is 9.70. The molecule has 1 fully saturated rings. The molecule has 4 atom stereocenters. The molecule has 3 nitrogen and oxygen atoms in total. The molecule has 0 amide bonds. The maximum atomic E-state index is 9.89. The van der Waals surface area contributed by atoms with E-state index in [1.54, 1.807) is 12.4 Å². The molecule has 0 saturated carbocycles. The summed E-state index contributed by atoms with van der Waals surface area (Å²) in [4.78, 5) is 6.52. The first-order chi connectivity index (χ1) is 10.6. The Morgan fingerprint density at radius 1 is 1.32 bits per heavy atom. The minimum Gasteiger partial charge on any atom is -0.277 e. The highest BCUT2D eigenvalue weighted by molar-refractivity contribution is 5.41. The molecule has 2 aliphatic heterocycles. The fourth-order valence-electron chi connectivity index (χ4n) is 3.68. The average Bonchev–Trinajstić information content (AvgIpc) is 2.85. The first-order valence-electron chi connectivity index (χ1n) is 7.39. The van der Waals surface area contributed by atoms with Crippen LogP contribution < -0.4 is 0 Å². The number of fused-ring (bicyclic) bond motifs is 2. The van der Waals surface area contributed by atoms with Gasteiger partial charge in [-0.3, -0.25) is 9.88 Å². The van der Waals surface area contributed by atoms with Gasteiger partial charge < -0.3 is 0 Å². The molecule has 1 saturated heterocycles. The van der Waals surface area contributed by atoms with Crippen molar-refractivity contribution in [2.45, 2.75) is 43.3 Å². The summed E-state index contributed by atoms with van der Waals surface area (Å²) in [6.07, 6.45) is 20.3. The van der Waals surface area contributed by atoms with Crippen LogP contribution in [0.2, 0.25) is 0 Å². The Labute approximate surface area is 131 Å². The number of hydrogen-bond acceptors (Lipinski definition) is 3. The summed E-state index contributed by atoms with van der Waals surface area (Å²) < 4.78 is 0. The zero-order valence-electron chi connectivity index (χ0n) is 12.5. The highest BCUT2D eigenvalue weighted by atomic mass is 15.2. The van der Waals surface area contributed by atoms with Gasteiger partial charge in [-0.25, -0.2) is 0 Å². The van der Waals surface area contributed by atoms with Crippen molar-refractivity contribution in [3.05, 3.63) is 41.7 Å². The summed E-state index contributed by atoms with van der Waals surface area (Å²) in [5, 5.41) is 9.89. The second-order valence-electron chi connectivity index (χ2n) is 6.02. The zero-order valence-corrected chi connectivity index (χ0v) is 12.5. The molecule has 22 heavy (non-hydrogen) atoms. The van der Waals surface area contributed by atoms with Crippen LogP contribution in [0.1, 0.15) is 30.9 Å². The van der Waals surface area contributed by atoms with Crippen molar-refractivity contribution < 1.29 is 0 Å². The van der Waals surface area contributed by atoms with Gasteiger partial charge in [-0.15, -0.1) is 12.8 Å². The van der Waals surface area contributed by atoms with Gasteiger partial charge in [0.1, 0.15) is 0 Å². The lowest BCUT2D eigenvalue weighted by Crippen LogP contribution is -2.52. The highest BCUT2D eigenvalue weighted by Crippen LogP contribution is 2.44. The molecule has 0 N–H and O–H groups in total. The normalized spacial score (nSPS) is 31.0. The lowest BCUT2D eigenvalue weighted by molar-refractivity contribution is 0.102. The van der Waals surface area contributed by atoms with Gasteiger partial charge in [-0.2, -0.15) is 5.26 Å². The topological polar surface area (TPSA) is 39.9 Å². The number of aromatic nitrogens is 1. The van der Waals surface area contributed by atoms with Crippen molar-refractivity contribution in [1.29, 1.82) is 5.26 Å². The van der Waals surface area contributed by atoms with Gasteiger partial charge in [0.15, 0.2) is 0 Å². The van der Waals surface area contributed by atoms with Gasteiger partial charge in [0.25, 0.3) is 0 Å². The van der Waals surface area contributed by atoms with E-state index in [1.807, 2.05) is 13.0 Å². The molecule has 0 spiro atoms. The quantitative estimate of drug-likeness (QED) is 0.619. The van der Waals surface area contributed by atoms with E-state index < -0.39 is 5.41 Å². The SMILES string of the molecule is C#Cc1cncc([C@@]2(C#N)C[C@H]3C=C[C@@H](C2)N3C(C)C#C)c1. The Kier molecular flexibility index (Phi) is 3.50. The van der Waals surface area contributed by atoms with E-state index in [0.29, 0.717) is 5.56 Å². The third-order valence-corrected chi connectivity index (χ3v) is 4.80. The molecule has 0 aliphatic carbocycles. The van der Waals surface area contributed by atoms with E-state index in [4.69, 9.17) is 12.8 Å². The number of terminal acetylenes is 2. The molecule has 108 valence electrons. The molecule has 0 aromatic carbocycles. The molecule has 1 aromatic rings. The Balaban J connectivity index is 1.97. The number of pyridine rings is 1. The summed E-state index contributed by atoms with van der Waals surface area (Å²) in [5.41, 5.74) is 1.08. The molecule has 0 radical (unpaired) electrons. The van der Waals surface area contributed by atoms with E-state index in [9.17, 15) is 5.26 Å². The molecule has 1 unspecified atom stereocenters. The van der Waals surface area contributed by atoms with Gasteiger partial charge in [-0.1, -0.05) is 24.0 Å². The Morgan fingerprint density at radius 2 is 2.00 bits per heavy atom. The fourth-order valence-corrected chi connectivity index (χ4v) is 3.68. The number of piperidine rings is 1. The van der Waals surface area contributed by atoms with E-state index in [1.165, 1.54) is 0 Å². The molecule has 3 heteroatoms. The van der Waals surface area contributed by atoms with E-state index in [-0.39, 0.29) is 18.1 Å². The second-order valence-corrected chi connectivity index (χ2v) is 6.02. The number of hydrogen-bond donors (Lipinski definition) is 0. The minimum atomic E-state index is -0.552. The van der Waals surface area contributed by atoms with Crippen molar-refractivity contribution in [3.63, 3.8) is 0 Å². The van der Waals surface area contributed by atoms with Crippen LogP contribution in [0.15, 0.2) is 30.6 Å². The molecule has 3 rings (SSSR count). The first-order valence-corrected chi connectivity index (χ1v) is 7.39. The van der Waals surface area contributed by atoms with Crippen LogP contribution in [0.3, 0.4) is 0 Å². The predicted molar refractivity (Wildman–Crippen MR) is 85.5 cm³/mol. The van der Waals surface area contributed by atoms with Gasteiger partial charge in [-0.05, 0) is 31.4 Å². The monoisotopic (exact) mass is 287 g/mol. The largest absolute Gasteiger partial charge is 0.277 e. The maximum Gasteiger partial charge on any atom is 0.0873 e. The van der Waals surface area contributed by atoms with Gasteiger partial charge in [0.05, 0.1) is 17.5 Å². The summed E-state index contributed by atoms with van der Waals surface area (Å²) in [5.74, 6) is 5.40. The van der Waals surface area contributed by atoms with Gasteiger partial charge in [0, 0.05) is 30.0 Å². The van der Waals surface area contributed by atoms with E-state index in [0.717, 1.165) is 18.4 Å². The van der Waals surface area contributed by atoms with Crippen LogP contribution in [0.5, 0.6) is 0 Å². The predicted octanol–water partition coefficient (Wildman–Crippen LogP) is 2.25.